The number of hydrogen-bond acceptors (Lipinski definition) is 11. The van der Waals surface area contributed by atoms with Gasteiger partial charge < -0.3 is 49.1 Å². The smallest absolute Gasteiger partial charge is 0.388 e. The van der Waals surface area contributed by atoms with E-state index >= 15 is 0 Å². The van der Waals surface area contributed by atoms with Crippen molar-refractivity contribution >= 4 is 48.5 Å². The molecule has 2 saturated heterocycles. The maximum absolute atomic E-state index is 12.8. The van der Waals surface area contributed by atoms with Gasteiger partial charge in [0.1, 0.15) is 0 Å². The zero-order valence-corrected chi connectivity index (χ0v) is 37.8. The first-order chi connectivity index (χ1) is 29.7. The summed E-state index contributed by atoms with van der Waals surface area (Å²) in [5, 5.41) is 17.9. The highest BCUT2D eigenvalue weighted by Gasteiger charge is 2.47. The Balaban J connectivity index is 0.997. The number of azide groups is 1. The Hall–Kier alpha value is -3.71. The van der Waals surface area contributed by atoms with Crippen LogP contribution in [0.5, 0.6) is 0 Å². The fourth-order valence-electron chi connectivity index (χ4n) is 7.07. The largest absolute Gasteiger partial charge is 0.407 e. The molecule has 0 radical (unpaired) electrons. The van der Waals surface area contributed by atoms with Crippen LogP contribution in [0, 0.1) is 0 Å². The summed E-state index contributed by atoms with van der Waals surface area (Å²) in [6.45, 7) is 8.85. The van der Waals surface area contributed by atoms with Gasteiger partial charge in [0.05, 0.1) is 70.5 Å². The molecule has 16 nitrogen and oxygen atoms in total. The molecule has 2 heterocycles. The summed E-state index contributed by atoms with van der Waals surface area (Å²) in [7, 11) is -3.21. The fraction of sp³-hybridized carbons (Fsp3) is 0.651. The number of rotatable bonds is 34. The first-order valence-corrected chi connectivity index (χ1v) is 24.6. The van der Waals surface area contributed by atoms with Crippen molar-refractivity contribution in [1.82, 2.24) is 21.3 Å². The highest BCUT2D eigenvalue weighted by atomic mass is 32.2. The number of fused-ring (bicyclic) bond motifs is 1. The molecule has 338 valence electrons. The van der Waals surface area contributed by atoms with Crippen molar-refractivity contribution in [3.63, 3.8) is 0 Å². The van der Waals surface area contributed by atoms with Crippen molar-refractivity contribution in [2.75, 3.05) is 84.8 Å². The first-order valence-electron chi connectivity index (χ1n) is 21.7. The number of urea groups is 1. The molecule has 0 saturated carbocycles. The van der Waals surface area contributed by atoms with Crippen LogP contribution in [0.4, 0.5) is 4.79 Å². The number of ether oxygens (including phenoxy) is 4. The van der Waals surface area contributed by atoms with Gasteiger partial charge in [-0.1, -0.05) is 85.0 Å². The van der Waals surface area contributed by atoms with Gasteiger partial charge in [-0.05, 0) is 55.4 Å². The van der Waals surface area contributed by atoms with Crippen molar-refractivity contribution < 1.29 is 42.2 Å². The minimum Gasteiger partial charge on any atom is -0.388 e. The Kier molecular flexibility index (Phi) is 23.6. The number of thioether (sulfide) groups is 1. The standard InChI is InChI=1S/C43H67N7O9SSi/c1-43(2,59-61(35-15-7-5-8-16-35,36-17-9-6-10-18-36)58-24-14-4-3-13-22-47-50-44)34-46-40(52)21-25-54-27-29-56-31-32-57-30-28-55-26-23-45-39(51)20-12-11-19-38-41-37(33-60-38)48-42(53)49-41/h5-10,15-18,37-38,41H,3-4,11-14,19-34H2,1-2H3,(H,45,51)(H,46,52)(H2,48,49,53). The van der Waals surface area contributed by atoms with E-state index in [0.29, 0.717) is 77.6 Å². The number of nitrogens with zero attached hydrogens (tertiary/aromatic N) is 3. The van der Waals surface area contributed by atoms with Crippen LogP contribution in [0.15, 0.2) is 65.8 Å². The summed E-state index contributed by atoms with van der Waals surface area (Å²) >= 11 is 1.90. The van der Waals surface area contributed by atoms with Crippen LogP contribution in [0.1, 0.15) is 71.6 Å². The van der Waals surface area contributed by atoms with Gasteiger partial charge in [0.2, 0.25) is 11.8 Å². The van der Waals surface area contributed by atoms with Gasteiger partial charge in [-0.15, -0.1) is 0 Å². The molecule has 2 aromatic rings. The molecule has 4 rings (SSSR count). The molecule has 4 amide bonds. The molecule has 2 aromatic carbocycles. The van der Waals surface area contributed by atoms with Crippen molar-refractivity contribution in [2.24, 2.45) is 5.11 Å². The Labute approximate surface area is 366 Å². The van der Waals surface area contributed by atoms with Gasteiger partial charge in [-0.2, -0.15) is 11.8 Å². The highest BCUT2D eigenvalue weighted by molar-refractivity contribution is 8.00. The molecule has 2 aliphatic rings. The Morgan fingerprint density at radius 3 is 2.03 bits per heavy atom. The molecule has 0 aromatic heterocycles. The van der Waals surface area contributed by atoms with Crippen LogP contribution in [-0.2, 0) is 37.4 Å². The summed E-state index contributed by atoms with van der Waals surface area (Å²) in [5.74, 6) is 0.845. The fourth-order valence-corrected chi connectivity index (χ4v) is 12.1. The number of carbonyl (C=O) groups excluding carboxylic acids is 3. The third-order valence-electron chi connectivity index (χ3n) is 10.2. The lowest BCUT2D eigenvalue weighted by molar-refractivity contribution is -0.123. The van der Waals surface area contributed by atoms with E-state index in [9.17, 15) is 14.4 Å². The van der Waals surface area contributed by atoms with E-state index in [1.165, 1.54) is 0 Å². The van der Waals surface area contributed by atoms with E-state index in [2.05, 4.69) is 55.6 Å². The molecule has 61 heavy (non-hydrogen) atoms. The maximum atomic E-state index is 12.8. The lowest BCUT2D eigenvalue weighted by atomic mass is 10.0. The normalized spacial score (nSPS) is 17.3. The zero-order chi connectivity index (χ0) is 43.4. The molecule has 2 aliphatic heterocycles. The summed E-state index contributed by atoms with van der Waals surface area (Å²) in [6.07, 6.45) is 7.08. The number of carbonyl (C=O) groups is 3. The predicted molar refractivity (Wildman–Crippen MR) is 239 cm³/mol. The van der Waals surface area contributed by atoms with E-state index in [4.69, 9.17) is 33.3 Å². The average Bonchev–Trinajstić information content (AvgIpc) is 3.83. The van der Waals surface area contributed by atoms with Crippen LogP contribution in [0.3, 0.4) is 0 Å². The van der Waals surface area contributed by atoms with E-state index in [1.54, 1.807) is 0 Å². The van der Waals surface area contributed by atoms with E-state index in [1.807, 2.05) is 62.0 Å². The second-order valence-electron chi connectivity index (χ2n) is 15.6. The van der Waals surface area contributed by atoms with Crippen molar-refractivity contribution in [3.05, 3.63) is 71.1 Å². The highest BCUT2D eigenvalue weighted by Crippen LogP contribution is 2.33. The number of nitrogens with one attached hydrogen (secondary N) is 4. The van der Waals surface area contributed by atoms with Gasteiger partial charge in [0.25, 0.3) is 0 Å². The molecule has 0 spiro atoms. The topological polar surface area (TPSA) is 203 Å². The minimum absolute atomic E-state index is 0.0281. The third kappa shape index (κ3) is 19.1. The SMILES string of the molecule is CC(C)(CNC(=O)CCOCCOCCOCCOCCNC(=O)CCCCC1SCC2NC(=O)NC21)O[Si](OCCCCCCN=[N+]=[N-])(c1ccccc1)c1ccccc1. The quantitative estimate of drug-likeness (QED) is 0.0196. The van der Waals surface area contributed by atoms with Crippen molar-refractivity contribution in [2.45, 2.75) is 94.6 Å². The van der Waals surface area contributed by atoms with Gasteiger partial charge in [0, 0.05) is 55.0 Å². The van der Waals surface area contributed by atoms with Gasteiger partial charge in [-0.3, -0.25) is 9.59 Å². The Morgan fingerprint density at radius 1 is 0.770 bits per heavy atom. The number of unbranched alkanes of at least 4 members (excludes halogenated alkanes) is 4. The first kappa shape index (κ1) is 49.9. The van der Waals surface area contributed by atoms with Crippen LogP contribution in [0.25, 0.3) is 10.4 Å². The molecule has 2 fully saturated rings. The molecule has 18 heteroatoms. The molecule has 4 N–H and O–H groups in total. The van der Waals surface area contributed by atoms with E-state index in [-0.39, 0.29) is 49.5 Å². The van der Waals surface area contributed by atoms with Crippen molar-refractivity contribution in [1.29, 1.82) is 0 Å². The van der Waals surface area contributed by atoms with Gasteiger partial charge in [0.15, 0.2) is 0 Å². The molecular formula is C43H67N7O9SSi. The average molecular weight is 886 g/mol. The van der Waals surface area contributed by atoms with Crippen LogP contribution >= 0.6 is 11.8 Å². The summed E-state index contributed by atoms with van der Waals surface area (Å²) in [5.41, 5.74) is 7.77. The van der Waals surface area contributed by atoms with Crippen LogP contribution < -0.4 is 31.6 Å². The summed E-state index contributed by atoms with van der Waals surface area (Å²) < 4.78 is 36.2. The number of hydrogen-bond donors (Lipinski definition) is 4. The van der Waals surface area contributed by atoms with E-state index < -0.39 is 14.2 Å². The third-order valence-corrected chi connectivity index (χ3v) is 15.3. The Bertz CT molecular complexity index is 1570. The summed E-state index contributed by atoms with van der Waals surface area (Å²) in [4.78, 5) is 39.3. The van der Waals surface area contributed by atoms with Crippen molar-refractivity contribution in [3.8, 4) is 0 Å². The van der Waals surface area contributed by atoms with Crippen LogP contribution in [-0.4, -0.2) is 134 Å². The lowest BCUT2D eigenvalue weighted by Gasteiger charge is -2.39. The second-order valence-corrected chi connectivity index (χ2v) is 19.8. The van der Waals surface area contributed by atoms with E-state index in [0.717, 1.165) is 61.1 Å². The molecular weight excluding hydrogens is 819 g/mol. The second kappa shape index (κ2) is 28.8. The monoisotopic (exact) mass is 885 g/mol. The number of benzene rings is 2. The van der Waals surface area contributed by atoms with Gasteiger partial charge in [-0.25, -0.2) is 4.79 Å². The minimum atomic E-state index is -3.21. The Morgan fingerprint density at radius 2 is 1.38 bits per heavy atom. The molecule has 0 aliphatic carbocycles. The van der Waals surface area contributed by atoms with Crippen LogP contribution in [0.2, 0.25) is 0 Å². The number of amides is 4. The predicted octanol–water partition coefficient (Wildman–Crippen LogP) is 4.34. The lowest BCUT2D eigenvalue weighted by Crippen LogP contribution is -2.67. The molecule has 0 bridgehead atoms. The summed E-state index contributed by atoms with van der Waals surface area (Å²) in [6, 6.07) is 20.5. The maximum Gasteiger partial charge on any atom is 0.407 e. The van der Waals surface area contributed by atoms with Gasteiger partial charge >= 0.3 is 14.6 Å². The molecule has 3 atom stereocenters. The molecule has 3 unspecified atom stereocenters. The zero-order valence-electron chi connectivity index (χ0n) is 36.0.